The van der Waals surface area contributed by atoms with Gasteiger partial charge in [-0.05, 0) is 31.2 Å². The SMILES string of the molecule is CCP(=O)(CC)CC1CCCn2ccc(C(=O)OC)c21. The molecular formula is C15H24NO3P. The number of ether oxygens (including phenoxy) is 1. The summed E-state index contributed by atoms with van der Waals surface area (Å²) in [6.45, 7) is 4.95. The van der Waals surface area contributed by atoms with Gasteiger partial charge in [-0.25, -0.2) is 4.79 Å². The van der Waals surface area contributed by atoms with Crippen molar-refractivity contribution in [1.29, 1.82) is 0 Å². The molecular weight excluding hydrogens is 273 g/mol. The van der Waals surface area contributed by atoms with E-state index in [2.05, 4.69) is 4.57 Å². The maximum atomic E-state index is 12.8. The van der Waals surface area contributed by atoms with Crippen LogP contribution in [0.3, 0.4) is 0 Å². The third-order valence-corrected chi connectivity index (χ3v) is 7.87. The molecule has 112 valence electrons. The van der Waals surface area contributed by atoms with Crippen molar-refractivity contribution in [3.8, 4) is 0 Å². The molecule has 1 aromatic heterocycles. The number of hydrogen-bond acceptors (Lipinski definition) is 3. The summed E-state index contributed by atoms with van der Waals surface area (Å²) >= 11 is 0. The molecule has 4 nitrogen and oxygen atoms in total. The van der Waals surface area contributed by atoms with Crippen molar-refractivity contribution in [1.82, 2.24) is 4.57 Å². The Morgan fingerprint density at radius 3 is 2.75 bits per heavy atom. The number of rotatable bonds is 5. The molecule has 0 spiro atoms. The van der Waals surface area contributed by atoms with Crippen LogP contribution in [-0.4, -0.2) is 36.1 Å². The highest BCUT2D eigenvalue weighted by Crippen LogP contribution is 2.50. The number of hydrogen-bond donors (Lipinski definition) is 0. The van der Waals surface area contributed by atoms with E-state index in [4.69, 9.17) is 4.74 Å². The van der Waals surface area contributed by atoms with Crippen LogP contribution in [0.5, 0.6) is 0 Å². The number of nitrogens with zero attached hydrogens (tertiary/aromatic N) is 1. The lowest BCUT2D eigenvalue weighted by molar-refractivity contribution is 0.0598. The van der Waals surface area contributed by atoms with Gasteiger partial charge in [0.25, 0.3) is 0 Å². The molecule has 1 aliphatic heterocycles. The number of fused-ring (bicyclic) bond motifs is 1. The lowest BCUT2D eigenvalue weighted by Gasteiger charge is -2.29. The van der Waals surface area contributed by atoms with Crippen LogP contribution in [0.4, 0.5) is 0 Å². The molecule has 0 N–H and O–H groups in total. The Morgan fingerprint density at radius 2 is 2.15 bits per heavy atom. The van der Waals surface area contributed by atoms with Crippen LogP contribution in [0.25, 0.3) is 0 Å². The highest BCUT2D eigenvalue weighted by Gasteiger charge is 2.31. The van der Waals surface area contributed by atoms with E-state index in [1.165, 1.54) is 7.11 Å². The molecule has 0 saturated carbocycles. The van der Waals surface area contributed by atoms with Crippen molar-refractivity contribution in [2.45, 2.75) is 39.2 Å². The number of aromatic nitrogens is 1. The molecule has 1 atom stereocenters. The van der Waals surface area contributed by atoms with Crippen molar-refractivity contribution < 1.29 is 14.1 Å². The van der Waals surface area contributed by atoms with E-state index in [0.717, 1.165) is 37.4 Å². The highest BCUT2D eigenvalue weighted by molar-refractivity contribution is 7.63. The molecule has 2 rings (SSSR count). The van der Waals surface area contributed by atoms with Crippen LogP contribution < -0.4 is 0 Å². The quantitative estimate of drug-likeness (QED) is 0.617. The van der Waals surface area contributed by atoms with Crippen molar-refractivity contribution in [3.05, 3.63) is 23.5 Å². The first-order valence-electron chi connectivity index (χ1n) is 7.39. The van der Waals surface area contributed by atoms with Gasteiger partial charge in [-0.1, -0.05) is 13.8 Å². The summed E-state index contributed by atoms with van der Waals surface area (Å²) in [5.74, 6) is -0.0629. The third-order valence-electron chi connectivity index (χ3n) is 4.46. The monoisotopic (exact) mass is 297 g/mol. The topological polar surface area (TPSA) is 48.3 Å². The lowest BCUT2D eigenvalue weighted by atomic mass is 9.95. The fourth-order valence-electron chi connectivity index (χ4n) is 3.12. The summed E-state index contributed by atoms with van der Waals surface area (Å²) in [5.41, 5.74) is 1.68. The second-order valence-electron chi connectivity index (χ2n) is 5.51. The number of carbonyl (C=O) groups is 1. The van der Waals surface area contributed by atoms with Gasteiger partial charge in [0.05, 0.1) is 19.8 Å². The Labute approximate surface area is 120 Å². The molecule has 0 radical (unpaired) electrons. The smallest absolute Gasteiger partial charge is 0.339 e. The Balaban J connectivity index is 2.34. The Bertz CT molecular complexity index is 527. The first-order chi connectivity index (χ1) is 9.54. The van der Waals surface area contributed by atoms with Crippen LogP contribution in [0.1, 0.15) is 48.7 Å². The highest BCUT2D eigenvalue weighted by atomic mass is 31.2. The fraction of sp³-hybridized carbons (Fsp3) is 0.667. The van der Waals surface area contributed by atoms with Crippen molar-refractivity contribution in [2.24, 2.45) is 0 Å². The van der Waals surface area contributed by atoms with Crippen LogP contribution in [0.2, 0.25) is 0 Å². The molecule has 2 heterocycles. The summed E-state index contributed by atoms with van der Waals surface area (Å²) in [4.78, 5) is 11.9. The van der Waals surface area contributed by atoms with Gasteiger partial charge in [0.2, 0.25) is 0 Å². The summed E-state index contributed by atoms with van der Waals surface area (Å²) in [6, 6.07) is 1.84. The second kappa shape index (κ2) is 6.17. The lowest BCUT2D eigenvalue weighted by Crippen LogP contribution is -2.21. The molecule has 0 fully saturated rings. The molecule has 1 aliphatic rings. The van der Waals surface area contributed by atoms with Gasteiger partial charge >= 0.3 is 5.97 Å². The number of carbonyl (C=O) groups excluding carboxylic acids is 1. The molecule has 20 heavy (non-hydrogen) atoms. The maximum absolute atomic E-state index is 12.8. The largest absolute Gasteiger partial charge is 0.465 e. The normalized spacial score (nSPS) is 18.6. The molecule has 0 aromatic carbocycles. The predicted octanol–water partition coefficient (Wildman–Crippen LogP) is 3.56. The summed E-state index contributed by atoms with van der Waals surface area (Å²) in [6.07, 6.45) is 6.26. The van der Waals surface area contributed by atoms with Crippen LogP contribution in [0, 0.1) is 0 Å². The van der Waals surface area contributed by atoms with E-state index in [-0.39, 0.29) is 11.9 Å². The number of esters is 1. The zero-order valence-electron chi connectivity index (χ0n) is 12.6. The van der Waals surface area contributed by atoms with Gasteiger partial charge in [0.1, 0.15) is 0 Å². The first-order valence-corrected chi connectivity index (χ1v) is 9.65. The maximum Gasteiger partial charge on any atom is 0.339 e. The van der Waals surface area contributed by atoms with Gasteiger partial charge in [-0.15, -0.1) is 0 Å². The zero-order valence-corrected chi connectivity index (χ0v) is 13.5. The number of methoxy groups -OCH3 is 1. The third kappa shape index (κ3) is 2.85. The van der Waals surface area contributed by atoms with Crippen LogP contribution in [0.15, 0.2) is 12.3 Å². The summed E-state index contributed by atoms with van der Waals surface area (Å²) in [7, 11) is -0.695. The molecule has 0 aliphatic carbocycles. The van der Waals surface area contributed by atoms with E-state index in [0.29, 0.717) is 11.7 Å². The second-order valence-corrected chi connectivity index (χ2v) is 9.26. The average Bonchev–Trinajstić information content (AvgIpc) is 2.91. The van der Waals surface area contributed by atoms with Crippen molar-refractivity contribution >= 4 is 13.1 Å². The van der Waals surface area contributed by atoms with E-state index in [9.17, 15) is 9.36 Å². The minimum Gasteiger partial charge on any atom is -0.465 e. The van der Waals surface area contributed by atoms with Gasteiger partial charge in [-0.3, -0.25) is 0 Å². The summed E-state index contributed by atoms with van der Waals surface area (Å²) < 4.78 is 19.8. The minimum absolute atomic E-state index is 0.221. The molecule has 5 heteroatoms. The van der Waals surface area contributed by atoms with E-state index in [1.807, 2.05) is 26.1 Å². The molecule has 0 bridgehead atoms. The molecule has 1 unspecified atom stereocenters. The van der Waals surface area contributed by atoms with Crippen molar-refractivity contribution in [2.75, 3.05) is 25.6 Å². The van der Waals surface area contributed by atoms with Gasteiger partial charge < -0.3 is 13.9 Å². The standard InChI is InChI=1S/C15H24NO3P/c1-4-20(18,5-2)11-12-7-6-9-16-10-8-13(14(12)16)15(17)19-3/h8,10,12H,4-7,9,11H2,1-3H3. The first kappa shape index (κ1) is 15.4. The zero-order chi connectivity index (χ0) is 14.8. The number of aryl methyl sites for hydroxylation is 1. The van der Waals surface area contributed by atoms with Crippen LogP contribution in [-0.2, 0) is 15.8 Å². The van der Waals surface area contributed by atoms with Crippen LogP contribution >= 0.6 is 7.14 Å². The fourth-order valence-corrected chi connectivity index (χ4v) is 5.25. The van der Waals surface area contributed by atoms with E-state index >= 15 is 0 Å². The predicted molar refractivity (Wildman–Crippen MR) is 81.3 cm³/mol. The van der Waals surface area contributed by atoms with E-state index in [1.54, 1.807) is 0 Å². The van der Waals surface area contributed by atoms with E-state index < -0.39 is 7.14 Å². The Morgan fingerprint density at radius 1 is 1.45 bits per heavy atom. The van der Waals surface area contributed by atoms with Crippen molar-refractivity contribution in [3.63, 3.8) is 0 Å². The van der Waals surface area contributed by atoms with Gasteiger partial charge in [0.15, 0.2) is 0 Å². The molecule has 0 saturated heterocycles. The minimum atomic E-state index is -2.10. The molecule has 1 aromatic rings. The summed E-state index contributed by atoms with van der Waals surface area (Å²) in [5, 5.41) is 0. The Kier molecular flexibility index (Phi) is 4.74. The molecule has 0 amide bonds. The van der Waals surface area contributed by atoms with Gasteiger partial charge in [-0.2, -0.15) is 0 Å². The average molecular weight is 297 g/mol. The Hall–Kier alpha value is -1.02. The van der Waals surface area contributed by atoms with Gasteiger partial charge in [0, 0.05) is 30.5 Å².